The zero-order valence-electron chi connectivity index (χ0n) is 10.1. The summed E-state index contributed by atoms with van der Waals surface area (Å²) in [5.41, 5.74) is 6.60. The Kier molecular flexibility index (Phi) is 4.04. The molecule has 1 aliphatic heterocycles. The van der Waals surface area contributed by atoms with E-state index >= 15 is 0 Å². The van der Waals surface area contributed by atoms with Gasteiger partial charge >= 0.3 is 0 Å². The molecular weight excluding hydrogens is 257 g/mol. The summed E-state index contributed by atoms with van der Waals surface area (Å²) in [6.45, 7) is 1.66. The van der Waals surface area contributed by atoms with E-state index in [0.29, 0.717) is 30.7 Å². The van der Waals surface area contributed by atoms with E-state index in [2.05, 4.69) is 4.99 Å². The first kappa shape index (κ1) is 13.1. The second-order valence-electron chi connectivity index (χ2n) is 4.10. The lowest BCUT2D eigenvalue weighted by molar-refractivity contribution is 0.166. The van der Waals surface area contributed by atoms with Crippen LogP contribution in [-0.2, 0) is 4.74 Å². The first-order chi connectivity index (χ1) is 8.61. The van der Waals surface area contributed by atoms with Crippen LogP contribution in [0.2, 0.25) is 5.02 Å². The molecule has 0 amide bonds. The fourth-order valence-corrected chi connectivity index (χ4v) is 2.27. The fourth-order valence-electron chi connectivity index (χ4n) is 2.04. The molecule has 1 atom stereocenters. The van der Waals surface area contributed by atoms with E-state index in [1.807, 2.05) is 4.90 Å². The number of halogens is 2. The average Bonchev–Trinajstić information content (AvgIpc) is 2.67. The first-order valence-electron chi connectivity index (χ1n) is 5.63. The predicted molar refractivity (Wildman–Crippen MR) is 69.2 cm³/mol. The number of aliphatic imine (C=N–C) groups is 1. The van der Waals surface area contributed by atoms with Crippen molar-refractivity contribution in [2.24, 2.45) is 10.7 Å². The maximum Gasteiger partial charge on any atom is 0.192 e. The summed E-state index contributed by atoms with van der Waals surface area (Å²) in [5, 5.41) is 0.377. The highest BCUT2D eigenvalue weighted by molar-refractivity contribution is 6.30. The van der Waals surface area contributed by atoms with E-state index in [9.17, 15) is 4.39 Å². The molecule has 0 aromatic heterocycles. The molecule has 6 heteroatoms. The topological polar surface area (TPSA) is 50.9 Å². The van der Waals surface area contributed by atoms with Gasteiger partial charge in [-0.2, -0.15) is 0 Å². The Bertz CT molecular complexity index is 446. The van der Waals surface area contributed by atoms with Gasteiger partial charge in [-0.05, 0) is 23.8 Å². The number of methoxy groups -OCH3 is 1. The van der Waals surface area contributed by atoms with Gasteiger partial charge < -0.3 is 15.4 Å². The maximum absolute atomic E-state index is 13.4. The maximum atomic E-state index is 13.4. The number of guanidine groups is 1. The Morgan fingerprint density at radius 3 is 3.00 bits per heavy atom. The lowest BCUT2D eigenvalue weighted by Gasteiger charge is -2.26. The van der Waals surface area contributed by atoms with Gasteiger partial charge in [0.1, 0.15) is 5.82 Å². The highest BCUT2D eigenvalue weighted by Gasteiger charge is 2.27. The minimum Gasteiger partial charge on any atom is -0.383 e. The van der Waals surface area contributed by atoms with Crippen LogP contribution in [0.5, 0.6) is 0 Å². The molecule has 0 aliphatic carbocycles. The van der Waals surface area contributed by atoms with Gasteiger partial charge in [0, 0.05) is 18.7 Å². The van der Waals surface area contributed by atoms with Gasteiger partial charge in [0.05, 0.1) is 19.2 Å². The molecule has 18 heavy (non-hydrogen) atoms. The van der Waals surface area contributed by atoms with Crippen molar-refractivity contribution in [1.29, 1.82) is 0 Å². The van der Waals surface area contributed by atoms with E-state index in [4.69, 9.17) is 22.1 Å². The lowest BCUT2D eigenvalue weighted by Crippen LogP contribution is -2.38. The summed E-state index contributed by atoms with van der Waals surface area (Å²) in [6.07, 6.45) is 0. The molecule has 98 valence electrons. The molecule has 1 aromatic rings. The summed E-state index contributed by atoms with van der Waals surface area (Å²) in [5.74, 6) is 0.104. The highest BCUT2D eigenvalue weighted by Crippen LogP contribution is 2.28. The van der Waals surface area contributed by atoms with Crippen LogP contribution in [0, 0.1) is 5.82 Å². The molecule has 4 nitrogen and oxygen atoms in total. The summed E-state index contributed by atoms with van der Waals surface area (Å²) in [6, 6.07) is 4.41. The second-order valence-corrected chi connectivity index (χ2v) is 4.54. The summed E-state index contributed by atoms with van der Waals surface area (Å²) >= 11 is 5.87. The highest BCUT2D eigenvalue weighted by atomic mass is 35.5. The number of nitrogens with zero attached hydrogens (tertiary/aromatic N) is 2. The Morgan fingerprint density at radius 1 is 1.56 bits per heavy atom. The van der Waals surface area contributed by atoms with Crippen LogP contribution in [0.3, 0.4) is 0 Å². The van der Waals surface area contributed by atoms with Crippen molar-refractivity contribution in [1.82, 2.24) is 4.90 Å². The Morgan fingerprint density at radius 2 is 2.33 bits per heavy atom. The molecule has 0 spiro atoms. The van der Waals surface area contributed by atoms with Crippen molar-refractivity contribution >= 4 is 17.6 Å². The van der Waals surface area contributed by atoms with Crippen LogP contribution >= 0.6 is 11.6 Å². The minimum atomic E-state index is -0.352. The third-order valence-corrected chi connectivity index (χ3v) is 3.12. The molecule has 1 aliphatic rings. The van der Waals surface area contributed by atoms with Gasteiger partial charge in [0.25, 0.3) is 0 Å². The summed E-state index contributed by atoms with van der Waals surface area (Å²) in [7, 11) is 1.62. The molecule has 2 rings (SSSR count). The van der Waals surface area contributed by atoms with E-state index < -0.39 is 0 Å². The van der Waals surface area contributed by atoms with Crippen LogP contribution in [0.1, 0.15) is 11.6 Å². The molecule has 0 radical (unpaired) electrons. The number of nitrogens with two attached hydrogens (primary N) is 1. The monoisotopic (exact) mass is 271 g/mol. The molecule has 1 unspecified atom stereocenters. The molecule has 1 aromatic carbocycles. The van der Waals surface area contributed by atoms with Gasteiger partial charge in [0.2, 0.25) is 0 Å². The van der Waals surface area contributed by atoms with Crippen LogP contribution in [0.25, 0.3) is 0 Å². The van der Waals surface area contributed by atoms with Crippen molar-refractivity contribution in [3.05, 3.63) is 34.6 Å². The third-order valence-electron chi connectivity index (χ3n) is 2.90. The number of hydrogen-bond donors (Lipinski definition) is 1. The van der Waals surface area contributed by atoms with E-state index in [0.717, 1.165) is 5.56 Å². The van der Waals surface area contributed by atoms with Crippen molar-refractivity contribution in [3.8, 4) is 0 Å². The van der Waals surface area contributed by atoms with Crippen LogP contribution in [0.4, 0.5) is 4.39 Å². The fraction of sp³-hybridized carbons (Fsp3) is 0.417. The smallest absolute Gasteiger partial charge is 0.192 e. The Hall–Kier alpha value is -1.33. The van der Waals surface area contributed by atoms with Crippen LogP contribution < -0.4 is 5.73 Å². The lowest BCUT2D eigenvalue weighted by atomic mass is 10.1. The molecule has 0 saturated carbocycles. The van der Waals surface area contributed by atoms with Gasteiger partial charge in [0.15, 0.2) is 5.96 Å². The SMILES string of the molecule is COCCN1C(N)=NCC1c1cc(F)cc(Cl)c1. The Balaban J connectivity index is 2.21. The molecule has 0 saturated heterocycles. The number of benzene rings is 1. The first-order valence-corrected chi connectivity index (χ1v) is 6.01. The zero-order valence-corrected chi connectivity index (χ0v) is 10.8. The van der Waals surface area contributed by atoms with Crippen molar-refractivity contribution in [3.63, 3.8) is 0 Å². The van der Waals surface area contributed by atoms with E-state index in [-0.39, 0.29) is 11.9 Å². The largest absolute Gasteiger partial charge is 0.383 e. The zero-order chi connectivity index (χ0) is 13.1. The molecule has 2 N–H and O–H groups in total. The van der Waals surface area contributed by atoms with Crippen molar-refractivity contribution in [2.45, 2.75) is 6.04 Å². The van der Waals surface area contributed by atoms with Gasteiger partial charge in [-0.1, -0.05) is 11.6 Å². The minimum absolute atomic E-state index is 0.0756. The Labute approximate surface area is 110 Å². The van der Waals surface area contributed by atoms with Gasteiger partial charge in [-0.3, -0.25) is 4.99 Å². The number of ether oxygens (including phenoxy) is 1. The summed E-state index contributed by atoms with van der Waals surface area (Å²) < 4.78 is 18.4. The molecule has 0 bridgehead atoms. The van der Waals surface area contributed by atoms with Crippen molar-refractivity contribution in [2.75, 3.05) is 26.8 Å². The molecular formula is C12H15ClFN3O. The quantitative estimate of drug-likeness (QED) is 0.908. The molecule has 1 heterocycles. The number of rotatable bonds is 4. The standard InChI is InChI=1S/C12H15ClFN3O/c1-18-3-2-17-11(7-16-12(17)15)8-4-9(13)6-10(14)5-8/h4-6,11H,2-3,7H2,1H3,(H2,15,16). The molecule has 0 fully saturated rings. The second kappa shape index (κ2) is 5.54. The van der Waals surface area contributed by atoms with Crippen LogP contribution in [-0.4, -0.2) is 37.7 Å². The van der Waals surface area contributed by atoms with Crippen molar-refractivity contribution < 1.29 is 9.13 Å². The average molecular weight is 272 g/mol. The van der Waals surface area contributed by atoms with E-state index in [1.54, 1.807) is 13.2 Å². The van der Waals surface area contributed by atoms with Gasteiger partial charge in [-0.15, -0.1) is 0 Å². The normalized spacial score (nSPS) is 19.2. The van der Waals surface area contributed by atoms with Crippen LogP contribution in [0.15, 0.2) is 23.2 Å². The summed E-state index contributed by atoms with van der Waals surface area (Å²) in [4.78, 5) is 6.08. The number of hydrogen-bond acceptors (Lipinski definition) is 4. The third kappa shape index (κ3) is 2.73. The van der Waals surface area contributed by atoms with E-state index in [1.165, 1.54) is 12.1 Å². The van der Waals surface area contributed by atoms with Gasteiger partial charge in [-0.25, -0.2) is 4.39 Å². The predicted octanol–water partition coefficient (Wildman–Crippen LogP) is 1.80.